The smallest absolute Gasteiger partial charge is 0.462 e. The molecule has 0 aliphatic heterocycles. The number of carbonyl (C=O) groups is 2. The molecule has 1 N–H and O–H groups in total. The summed E-state index contributed by atoms with van der Waals surface area (Å²) in [7, 11) is 1.49. The summed E-state index contributed by atoms with van der Waals surface area (Å²) in [6.07, 6.45) is 64.8. The fraction of sp³-hybridized carbons (Fsp3) is 0.935. The average Bonchev–Trinajstić information content (AvgIpc) is 3.34. The third-order valence-electron chi connectivity index (χ3n) is 14.3. The molecule has 0 fully saturated rings. The number of carbonyl (C=O) groups excluding carboxylic acids is 2. The quantitative estimate of drug-likeness (QED) is 0.0211. The van der Waals surface area contributed by atoms with Gasteiger partial charge in [-0.2, -0.15) is 0 Å². The maximum atomic E-state index is 12.7. The lowest BCUT2D eigenvalue weighted by Crippen LogP contribution is -2.37. The molecule has 9 nitrogen and oxygen atoms in total. The molecule has 0 rings (SSSR count). The van der Waals surface area contributed by atoms with E-state index in [1.165, 1.54) is 238 Å². The summed E-state index contributed by atoms with van der Waals surface area (Å²) in [5, 5.41) is 0. The van der Waals surface area contributed by atoms with Crippen LogP contribution in [0.5, 0.6) is 0 Å². The lowest BCUT2D eigenvalue weighted by atomic mass is 10.0. The Morgan fingerprint density at radius 2 is 0.708 bits per heavy atom. The molecule has 0 heterocycles. The van der Waals surface area contributed by atoms with Gasteiger partial charge in [0.05, 0.1) is 27.7 Å². The normalized spacial score (nSPS) is 13.2. The Morgan fingerprint density at radius 3 is 1.06 bits per heavy atom. The van der Waals surface area contributed by atoms with Crippen LogP contribution in [0.1, 0.15) is 322 Å². The predicted octanol–water partition coefficient (Wildman–Crippen LogP) is 19.6. The molecule has 428 valence electrons. The Morgan fingerprint density at radius 1 is 0.417 bits per heavy atom. The van der Waals surface area contributed by atoms with Gasteiger partial charge in [-0.15, -0.1) is 0 Å². The number of quaternary nitrogens is 1. The van der Waals surface area contributed by atoms with E-state index in [1.54, 1.807) is 0 Å². The molecular weight excluding hydrogens is 918 g/mol. The Balaban J connectivity index is 3.84. The second kappa shape index (κ2) is 54.5. The molecule has 10 heteroatoms. The number of unbranched alkanes of at least 4 members (excludes halogenated alkanes) is 43. The van der Waals surface area contributed by atoms with Crippen molar-refractivity contribution in [2.24, 2.45) is 0 Å². The first kappa shape index (κ1) is 70.8. The summed E-state index contributed by atoms with van der Waals surface area (Å²) >= 11 is 0. The molecule has 0 saturated carbocycles. The van der Waals surface area contributed by atoms with Crippen molar-refractivity contribution < 1.29 is 42.1 Å². The van der Waals surface area contributed by atoms with Crippen LogP contribution in [0.2, 0.25) is 0 Å². The molecule has 2 unspecified atom stereocenters. The predicted molar refractivity (Wildman–Crippen MR) is 308 cm³/mol. The van der Waals surface area contributed by atoms with Crippen molar-refractivity contribution in [3.63, 3.8) is 0 Å². The van der Waals surface area contributed by atoms with Crippen LogP contribution < -0.4 is 0 Å². The zero-order chi connectivity index (χ0) is 52.7. The molecule has 0 aliphatic carbocycles. The van der Waals surface area contributed by atoms with Crippen LogP contribution in [0, 0.1) is 0 Å². The SMILES string of the molecule is CCCCC/C=C\CCCCCCCC(=O)OC(COC(=O)CCCCCCCCCCCCCCCCCCCCCCCCCCCCCCCCCCCCCC)COP(=O)(O)OCC[N+](C)(C)C. The number of hydrogen-bond acceptors (Lipinski definition) is 7. The van der Waals surface area contributed by atoms with Crippen LogP contribution in [0.4, 0.5) is 0 Å². The number of rotatable bonds is 59. The van der Waals surface area contributed by atoms with Crippen LogP contribution in [0.25, 0.3) is 0 Å². The molecule has 0 saturated heterocycles. The van der Waals surface area contributed by atoms with Crippen LogP contribution in [0.15, 0.2) is 12.2 Å². The van der Waals surface area contributed by atoms with Gasteiger partial charge in [0, 0.05) is 12.8 Å². The molecule has 0 spiro atoms. The molecule has 0 radical (unpaired) electrons. The highest BCUT2D eigenvalue weighted by molar-refractivity contribution is 7.47. The van der Waals surface area contributed by atoms with E-state index < -0.39 is 26.5 Å². The monoisotopic (exact) mass is 1040 g/mol. The molecule has 0 amide bonds. The molecule has 72 heavy (non-hydrogen) atoms. The van der Waals surface area contributed by atoms with E-state index in [0.717, 1.165) is 51.4 Å². The summed E-state index contributed by atoms with van der Waals surface area (Å²) in [6.45, 7) is 4.45. The summed E-state index contributed by atoms with van der Waals surface area (Å²) in [6, 6.07) is 0. The van der Waals surface area contributed by atoms with Crippen molar-refractivity contribution >= 4 is 19.8 Å². The number of hydrogen-bond donors (Lipinski definition) is 1. The summed E-state index contributed by atoms with van der Waals surface area (Å²) in [4.78, 5) is 35.6. The van der Waals surface area contributed by atoms with Gasteiger partial charge in [-0.05, 0) is 38.5 Å². The fourth-order valence-electron chi connectivity index (χ4n) is 9.43. The number of allylic oxidation sites excluding steroid dienone is 2. The Hall–Kier alpha value is -1.25. The minimum absolute atomic E-state index is 0.0335. The van der Waals surface area contributed by atoms with Crippen molar-refractivity contribution in [1.29, 1.82) is 0 Å². The van der Waals surface area contributed by atoms with E-state index in [9.17, 15) is 19.0 Å². The minimum Gasteiger partial charge on any atom is -0.462 e. The molecule has 0 aromatic rings. The summed E-state index contributed by atoms with van der Waals surface area (Å²) in [5.41, 5.74) is 0. The van der Waals surface area contributed by atoms with Gasteiger partial charge in [-0.1, -0.05) is 283 Å². The first-order valence-electron chi connectivity index (χ1n) is 31.4. The molecule has 0 aromatic heterocycles. The topological polar surface area (TPSA) is 108 Å². The fourth-order valence-corrected chi connectivity index (χ4v) is 10.2. The molecular formula is C62H123NO8P+. The Kier molecular flexibility index (Phi) is 53.6. The second-order valence-electron chi connectivity index (χ2n) is 22.8. The number of esters is 2. The number of phosphoric ester groups is 1. The number of likely N-dealkylation sites (N-methyl/N-ethyl adjacent to an activating group) is 1. The van der Waals surface area contributed by atoms with E-state index in [-0.39, 0.29) is 25.6 Å². The summed E-state index contributed by atoms with van der Waals surface area (Å²) in [5.74, 6) is -0.792. The number of nitrogens with zero attached hydrogens (tertiary/aromatic N) is 1. The largest absolute Gasteiger partial charge is 0.472 e. The zero-order valence-electron chi connectivity index (χ0n) is 48.7. The van der Waals surface area contributed by atoms with Crippen LogP contribution in [0.3, 0.4) is 0 Å². The van der Waals surface area contributed by atoms with Gasteiger partial charge in [0.25, 0.3) is 0 Å². The van der Waals surface area contributed by atoms with Gasteiger partial charge >= 0.3 is 19.8 Å². The van der Waals surface area contributed by atoms with Gasteiger partial charge in [-0.25, -0.2) is 4.57 Å². The molecule has 0 aliphatic rings. The van der Waals surface area contributed by atoms with Crippen LogP contribution in [-0.2, 0) is 32.7 Å². The van der Waals surface area contributed by atoms with Crippen molar-refractivity contribution in [1.82, 2.24) is 0 Å². The van der Waals surface area contributed by atoms with E-state index in [2.05, 4.69) is 26.0 Å². The third-order valence-corrected chi connectivity index (χ3v) is 15.3. The van der Waals surface area contributed by atoms with Gasteiger partial charge in [0.15, 0.2) is 6.10 Å². The lowest BCUT2D eigenvalue weighted by molar-refractivity contribution is -0.870. The van der Waals surface area contributed by atoms with E-state index in [0.29, 0.717) is 23.9 Å². The molecule has 0 bridgehead atoms. The first-order valence-corrected chi connectivity index (χ1v) is 32.9. The van der Waals surface area contributed by atoms with E-state index >= 15 is 0 Å². The number of ether oxygens (including phenoxy) is 2. The van der Waals surface area contributed by atoms with Gasteiger partial charge < -0.3 is 18.9 Å². The zero-order valence-corrected chi connectivity index (χ0v) is 49.6. The van der Waals surface area contributed by atoms with Crippen molar-refractivity contribution in [2.45, 2.75) is 328 Å². The van der Waals surface area contributed by atoms with Crippen molar-refractivity contribution in [3.05, 3.63) is 12.2 Å². The van der Waals surface area contributed by atoms with E-state index in [1.807, 2.05) is 21.1 Å². The second-order valence-corrected chi connectivity index (χ2v) is 24.3. The van der Waals surface area contributed by atoms with Gasteiger partial charge in [0.2, 0.25) is 0 Å². The standard InChI is InChI=1S/C62H122NO8P/c1-6-8-10-12-14-16-18-20-21-22-23-24-25-26-27-28-29-30-31-32-33-34-35-36-37-38-39-40-41-42-43-45-46-48-50-52-54-61(64)68-58-60(59-70-72(66,67)69-57-56-63(3,4)5)71-62(65)55-53-51-49-47-44-19-17-15-13-11-9-7-2/h15,17,60H,6-14,16,18-59H2,1-5H3/p+1/b17-15-. The molecule has 2 atom stereocenters. The highest BCUT2D eigenvalue weighted by Gasteiger charge is 2.27. The minimum atomic E-state index is -4.38. The Bertz CT molecular complexity index is 1220. The maximum Gasteiger partial charge on any atom is 0.472 e. The highest BCUT2D eigenvalue weighted by Crippen LogP contribution is 2.43. The highest BCUT2D eigenvalue weighted by atomic mass is 31.2. The van der Waals surface area contributed by atoms with Gasteiger partial charge in [-0.3, -0.25) is 18.6 Å². The van der Waals surface area contributed by atoms with Crippen molar-refractivity contribution in [2.75, 3.05) is 47.5 Å². The average molecular weight is 1040 g/mol. The van der Waals surface area contributed by atoms with Gasteiger partial charge in [0.1, 0.15) is 19.8 Å². The first-order chi connectivity index (χ1) is 35.0. The third kappa shape index (κ3) is 58.0. The Labute approximate surface area is 447 Å². The lowest BCUT2D eigenvalue weighted by Gasteiger charge is -2.24. The van der Waals surface area contributed by atoms with Crippen molar-refractivity contribution in [3.8, 4) is 0 Å². The van der Waals surface area contributed by atoms with E-state index in [4.69, 9.17) is 18.5 Å². The maximum absolute atomic E-state index is 12.7. The van der Waals surface area contributed by atoms with Crippen LogP contribution in [-0.4, -0.2) is 74.9 Å². The van der Waals surface area contributed by atoms with Crippen LogP contribution >= 0.6 is 7.82 Å². The molecule has 0 aromatic carbocycles. The summed E-state index contributed by atoms with van der Waals surface area (Å²) < 4.78 is 34.5. The number of phosphoric acid groups is 1.